The maximum atomic E-state index is 15.5. The third-order valence-corrected chi connectivity index (χ3v) is 8.03. The van der Waals surface area contributed by atoms with Gasteiger partial charge in [0.1, 0.15) is 12.8 Å². The number of rotatable bonds is 3. The van der Waals surface area contributed by atoms with Crippen molar-refractivity contribution in [2.45, 2.75) is 65.0 Å². The average Bonchev–Trinajstić information content (AvgIpc) is 2.95. The van der Waals surface area contributed by atoms with Gasteiger partial charge in [0.2, 0.25) is 0 Å². The molecule has 0 aromatic heterocycles. The Morgan fingerprint density at radius 1 is 1.22 bits per heavy atom. The molecule has 0 N–H and O–H groups in total. The lowest BCUT2D eigenvalue weighted by Gasteiger charge is -2.55. The van der Waals surface area contributed by atoms with Gasteiger partial charge in [-0.2, -0.15) is 0 Å². The minimum absolute atomic E-state index is 0.00139. The first-order valence-corrected chi connectivity index (χ1v) is 10.3. The summed E-state index contributed by atoms with van der Waals surface area (Å²) in [5.74, 6) is 0.309. The molecule has 0 heterocycles. The van der Waals surface area contributed by atoms with Crippen LogP contribution in [0.3, 0.4) is 0 Å². The van der Waals surface area contributed by atoms with Gasteiger partial charge in [-0.25, -0.2) is 4.39 Å². The monoisotopic (exact) mass is 376 g/mol. The van der Waals surface area contributed by atoms with Crippen LogP contribution < -0.4 is 0 Å². The van der Waals surface area contributed by atoms with Gasteiger partial charge in [-0.15, -0.1) is 0 Å². The summed E-state index contributed by atoms with van der Waals surface area (Å²) in [4.78, 5) is 35.5. The molecule has 4 rings (SSSR count). The summed E-state index contributed by atoms with van der Waals surface area (Å²) in [6.07, 6.45) is 6.11. The van der Waals surface area contributed by atoms with Gasteiger partial charge in [-0.3, -0.25) is 14.4 Å². The van der Waals surface area contributed by atoms with Crippen molar-refractivity contribution in [3.8, 4) is 0 Å². The molecule has 0 spiro atoms. The summed E-state index contributed by atoms with van der Waals surface area (Å²) in [6.45, 7) is 3.20. The minimum atomic E-state index is -0.930. The normalized spacial score (nSPS) is 43.2. The second-order valence-electron chi connectivity index (χ2n) is 9.32. The molecule has 5 heteroatoms. The summed E-state index contributed by atoms with van der Waals surface area (Å²) in [6, 6.07) is 0. The minimum Gasteiger partial charge on any atom is -0.458 e. The van der Waals surface area contributed by atoms with Gasteiger partial charge >= 0.3 is 5.97 Å². The van der Waals surface area contributed by atoms with Gasteiger partial charge in [0.05, 0.1) is 0 Å². The van der Waals surface area contributed by atoms with Crippen LogP contribution >= 0.6 is 0 Å². The van der Waals surface area contributed by atoms with Crippen LogP contribution in [-0.2, 0) is 19.1 Å². The van der Waals surface area contributed by atoms with Crippen molar-refractivity contribution in [1.29, 1.82) is 0 Å². The molecule has 0 unspecified atom stereocenters. The van der Waals surface area contributed by atoms with Gasteiger partial charge < -0.3 is 4.74 Å². The van der Waals surface area contributed by atoms with Gasteiger partial charge in [0.25, 0.3) is 0 Å². The third-order valence-electron chi connectivity index (χ3n) is 8.03. The van der Waals surface area contributed by atoms with E-state index in [2.05, 4.69) is 6.92 Å². The number of ketones is 2. The van der Waals surface area contributed by atoms with E-state index in [1.807, 2.05) is 0 Å². The van der Waals surface area contributed by atoms with Crippen molar-refractivity contribution >= 4 is 17.5 Å². The molecular formula is C22H29FO4. The van der Waals surface area contributed by atoms with E-state index in [9.17, 15) is 14.4 Å². The number of fused-ring (bicyclic) bond motifs is 5. The Hall–Kier alpha value is -1.52. The number of halogens is 1. The number of esters is 1. The Labute approximate surface area is 159 Å². The van der Waals surface area contributed by atoms with Gasteiger partial charge in [0.15, 0.2) is 11.6 Å². The van der Waals surface area contributed by atoms with E-state index >= 15 is 4.39 Å². The molecule has 27 heavy (non-hydrogen) atoms. The lowest BCUT2D eigenvalue weighted by molar-refractivity contribution is -0.150. The molecule has 3 fully saturated rings. The smallest absolute Gasteiger partial charge is 0.303 e. The Bertz CT molecular complexity index is 698. The predicted octanol–water partition coefficient (Wildman–Crippen LogP) is 3.82. The molecule has 0 aromatic rings. The molecule has 4 aliphatic carbocycles. The van der Waals surface area contributed by atoms with Crippen molar-refractivity contribution in [3.63, 3.8) is 0 Å². The van der Waals surface area contributed by atoms with Crippen LogP contribution in [0.4, 0.5) is 4.39 Å². The van der Waals surface area contributed by atoms with Crippen LogP contribution in [-0.4, -0.2) is 30.3 Å². The summed E-state index contributed by atoms with van der Waals surface area (Å²) in [5, 5.41) is 0. The fourth-order valence-electron chi connectivity index (χ4n) is 7.00. The maximum Gasteiger partial charge on any atom is 0.303 e. The summed E-state index contributed by atoms with van der Waals surface area (Å²) in [7, 11) is 0. The molecule has 3 saturated carbocycles. The molecule has 7 atom stereocenters. The first-order chi connectivity index (χ1) is 12.8. The molecule has 0 saturated heterocycles. The standard InChI is InChI=1S/C22H29FO4/c1-12(24)27-11-20(26)18-8-7-17-16-5-3-13-9-14(25)4-6-15(13)21(16)19(23)10-22(17,18)2/h9,15-19,21H,3-8,10-11H2,1-2H3/t15-,16-,17-,18+,19+,21+,22-/m0/s1. The van der Waals surface area contributed by atoms with Crippen LogP contribution in [0, 0.1) is 35.0 Å². The largest absolute Gasteiger partial charge is 0.458 e. The number of carbonyl (C=O) groups excluding carboxylic acids is 3. The number of allylic oxidation sites excluding steroid dienone is 1. The molecule has 4 aliphatic rings. The van der Waals surface area contributed by atoms with Crippen molar-refractivity contribution in [3.05, 3.63) is 11.6 Å². The Morgan fingerprint density at radius 3 is 2.74 bits per heavy atom. The highest BCUT2D eigenvalue weighted by atomic mass is 19.1. The number of hydrogen-bond acceptors (Lipinski definition) is 4. The van der Waals surface area contributed by atoms with E-state index in [0.29, 0.717) is 24.7 Å². The highest BCUT2D eigenvalue weighted by molar-refractivity contribution is 5.91. The van der Waals surface area contributed by atoms with Crippen molar-refractivity contribution in [2.24, 2.45) is 35.0 Å². The molecule has 0 amide bonds. The van der Waals surface area contributed by atoms with E-state index in [4.69, 9.17) is 4.74 Å². The number of ether oxygens (including phenoxy) is 1. The molecule has 0 aromatic carbocycles. The quantitative estimate of drug-likeness (QED) is 0.703. The lowest BCUT2D eigenvalue weighted by Crippen LogP contribution is -2.52. The first-order valence-electron chi connectivity index (χ1n) is 10.3. The fraction of sp³-hybridized carbons (Fsp3) is 0.773. The topological polar surface area (TPSA) is 60.4 Å². The Balaban J connectivity index is 1.56. The molecule has 0 bridgehead atoms. The van der Waals surface area contributed by atoms with Crippen molar-refractivity contribution in [2.75, 3.05) is 6.61 Å². The third kappa shape index (κ3) is 3.07. The van der Waals surface area contributed by atoms with E-state index < -0.39 is 12.1 Å². The zero-order valence-corrected chi connectivity index (χ0v) is 16.2. The SMILES string of the molecule is CC(=O)OCC(=O)[C@H]1CC[C@H]2[C@@H]3CCC4=CC(=O)CC[C@@H]4[C@H]3[C@H](F)C[C@]12C. The summed E-state index contributed by atoms with van der Waals surface area (Å²) < 4.78 is 20.4. The number of Topliss-reactive ketones (excluding diaryl/α,β-unsaturated/α-hetero) is 1. The highest BCUT2D eigenvalue weighted by Crippen LogP contribution is 2.64. The fourth-order valence-corrected chi connectivity index (χ4v) is 7.00. The second-order valence-corrected chi connectivity index (χ2v) is 9.32. The average molecular weight is 376 g/mol. The van der Waals surface area contributed by atoms with Crippen molar-refractivity contribution in [1.82, 2.24) is 0 Å². The van der Waals surface area contributed by atoms with Crippen LogP contribution in [0.2, 0.25) is 0 Å². The van der Waals surface area contributed by atoms with E-state index in [0.717, 1.165) is 32.1 Å². The van der Waals surface area contributed by atoms with Crippen LogP contribution in [0.1, 0.15) is 58.8 Å². The van der Waals surface area contributed by atoms with Gasteiger partial charge in [0, 0.05) is 19.3 Å². The number of carbonyl (C=O) groups is 3. The Kier molecular flexibility index (Phi) is 4.76. The second kappa shape index (κ2) is 6.82. The van der Waals surface area contributed by atoms with Crippen LogP contribution in [0.25, 0.3) is 0 Å². The number of hydrogen-bond donors (Lipinski definition) is 0. The number of alkyl halides is 1. The zero-order valence-electron chi connectivity index (χ0n) is 16.2. The van der Waals surface area contributed by atoms with Crippen LogP contribution in [0.15, 0.2) is 11.6 Å². The predicted molar refractivity (Wildman–Crippen MR) is 97.5 cm³/mol. The van der Waals surface area contributed by atoms with Gasteiger partial charge in [-0.1, -0.05) is 12.5 Å². The highest BCUT2D eigenvalue weighted by Gasteiger charge is 2.60. The molecule has 4 nitrogen and oxygen atoms in total. The van der Waals surface area contributed by atoms with E-state index in [1.54, 1.807) is 6.08 Å². The Morgan fingerprint density at radius 2 is 2.00 bits per heavy atom. The van der Waals surface area contributed by atoms with Gasteiger partial charge in [-0.05, 0) is 73.7 Å². The molecule has 0 radical (unpaired) electrons. The maximum absolute atomic E-state index is 15.5. The zero-order chi connectivity index (χ0) is 19.3. The van der Waals surface area contributed by atoms with E-state index in [-0.39, 0.29) is 41.3 Å². The molecule has 0 aliphatic heterocycles. The van der Waals surface area contributed by atoms with E-state index in [1.165, 1.54) is 12.5 Å². The van der Waals surface area contributed by atoms with Crippen molar-refractivity contribution < 1.29 is 23.5 Å². The summed E-state index contributed by atoms with van der Waals surface area (Å²) in [5.41, 5.74) is 0.822. The molecular weight excluding hydrogens is 347 g/mol. The lowest BCUT2D eigenvalue weighted by atomic mass is 9.50. The molecule has 148 valence electrons. The first kappa shape index (κ1) is 18.8. The van der Waals surface area contributed by atoms with Crippen LogP contribution in [0.5, 0.6) is 0 Å². The summed E-state index contributed by atoms with van der Waals surface area (Å²) >= 11 is 0.